The van der Waals surface area contributed by atoms with E-state index in [2.05, 4.69) is 0 Å². The van der Waals surface area contributed by atoms with E-state index in [1.165, 1.54) is 12.1 Å². The average molecular weight is 291 g/mol. The van der Waals surface area contributed by atoms with Crippen LogP contribution < -0.4 is 11.2 Å². The summed E-state index contributed by atoms with van der Waals surface area (Å²) in [5.41, 5.74) is -1.56. The topological polar surface area (TPSA) is 135 Å². The lowest BCUT2D eigenvalue weighted by Crippen LogP contribution is -2.35. The molecule has 0 aliphatic rings. The normalized spacial score (nSPS) is 11.8. The van der Waals surface area contributed by atoms with Crippen LogP contribution in [0.25, 0.3) is 0 Å². The number of carboxylic acids is 1. The fourth-order valence-corrected chi connectivity index (χ4v) is 1.83. The summed E-state index contributed by atoms with van der Waals surface area (Å²) >= 11 is 0. The van der Waals surface area contributed by atoms with Crippen LogP contribution in [-0.2, 0) is 4.79 Å². The molecule has 2 rings (SSSR count). The summed E-state index contributed by atoms with van der Waals surface area (Å²) in [4.78, 5) is 45.9. The molecule has 21 heavy (non-hydrogen) atoms. The van der Waals surface area contributed by atoms with Crippen LogP contribution in [0.3, 0.4) is 0 Å². The standard InChI is InChI=1S/C12H9N3O6/c16-9-5-6-14(12(19)13-9)10(11(17)18)7-1-3-8(4-2-7)15(20)21/h1-6,10H,(H,17,18)(H,13,16,19). The molecule has 0 aliphatic heterocycles. The number of aromatic nitrogens is 2. The highest BCUT2D eigenvalue weighted by atomic mass is 16.6. The third-order valence-corrected chi connectivity index (χ3v) is 2.78. The van der Waals surface area contributed by atoms with Crippen LogP contribution in [0.4, 0.5) is 5.69 Å². The molecular weight excluding hydrogens is 282 g/mol. The summed E-state index contributed by atoms with van der Waals surface area (Å²) in [6.45, 7) is 0. The summed E-state index contributed by atoms with van der Waals surface area (Å²) in [6.07, 6.45) is 1.06. The number of nitro groups is 1. The predicted molar refractivity (Wildman–Crippen MR) is 70.2 cm³/mol. The lowest BCUT2D eigenvalue weighted by molar-refractivity contribution is -0.384. The first-order chi connectivity index (χ1) is 9.90. The summed E-state index contributed by atoms with van der Waals surface area (Å²) in [7, 11) is 0. The summed E-state index contributed by atoms with van der Waals surface area (Å²) in [6, 6.07) is 4.39. The molecule has 9 heteroatoms. The van der Waals surface area contributed by atoms with Gasteiger partial charge < -0.3 is 5.11 Å². The van der Waals surface area contributed by atoms with E-state index in [-0.39, 0.29) is 11.3 Å². The summed E-state index contributed by atoms with van der Waals surface area (Å²) in [5, 5.41) is 19.8. The molecule has 2 N–H and O–H groups in total. The van der Waals surface area contributed by atoms with Crippen LogP contribution >= 0.6 is 0 Å². The highest BCUT2D eigenvalue weighted by molar-refractivity contribution is 5.76. The number of aromatic amines is 1. The lowest BCUT2D eigenvalue weighted by atomic mass is 10.1. The summed E-state index contributed by atoms with van der Waals surface area (Å²) in [5.74, 6) is -1.34. The van der Waals surface area contributed by atoms with Crippen molar-refractivity contribution in [2.45, 2.75) is 6.04 Å². The van der Waals surface area contributed by atoms with Crippen LogP contribution in [0.5, 0.6) is 0 Å². The van der Waals surface area contributed by atoms with E-state index in [4.69, 9.17) is 0 Å². The SMILES string of the molecule is O=C(O)C(c1ccc([N+](=O)[O-])cc1)n1ccc(=O)[nH]c1=O. The third kappa shape index (κ3) is 2.86. The van der Waals surface area contributed by atoms with Gasteiger partial charge >= 0.3 is 11.7 Å². The number of hydrogen-bond acceptors (Lipinski definition) is 5. The van der Waals surface area contributed by atoms with Crippen LogP contribution in [0, 0.1) is 10.1 Å². The maximum absolute atomic E-state index is 11.7. The zero-order valence-electron chi connectivity index (χ0n) is 10.4. The van der Waals surface area contributed by atoms with Crippen molar-refractivity contribution in [1.82, 2.24) is 9.55 Å². The van der Waals surface area contributed by atoms with E-state index in [1.807, 2.05) is 4.98 Å². The molecule has 0 saturated carbocycles. The van der Waals surface area contributed by atoms with Gasteiger partial charge in [-0.2, -0.15) is 0 Å². The van der Waals surface area contributed by atoms with Crippen LogP contribution in [0.1, 0.15) is 11.6 Å². The fraction of sp³-hybridized carbons (Fsp3) is 0.0833. The van der Waals surface area contributed by atoms with Crippen LogP contribution in [0.15, 0.2) is 46.1 Å². The van der Waals surface area contributed by atoms with Crippen molar-refractivity contribution in [2.75, 3.05) is 0 Å². The van der Waals surface area contributed by atoms with Gasteiger partial charge in [0.2, 0.25) is 0 Å². The minimum absolute atomic E-state index is 0.169. The monoisotopic (exact) mass is 291 g/mol. The minimum Gasteiger partial charge on any atom is -0.479 e. The van der Waals surface area contributed by atoms with Gasteiger partial charge in [0.15, 0.2) is 6.04 Å². The Balaban J connectivity index is 2.53. The van der Waals surface area contributed by atoms with Gasteiger partial charge in [-0.25, -0.2) is 9.59 Å². The third-order valence-electron chi connectivity index (χ3n) is 2.78. The van der Waals surface area contributed by atoms with Gasteiger partial charge in [0.25, 0.3) is 11.2 Å². The number of non-ortho nitro benzene ring substituents is 1. The molecule has 0 fully saturated rings. The molecule has 0 spiro atoms. The van der Waals surface area contributed by atoms with Crippen molar-refractivity contribution in [3.05, 3.63) is 73.0 Å². The van der Waals surface area contributed by atoms with Crippen LogP contribution in [-0.4, -0.2) is 25.6 Å². The van der Waals surface area contributed by atoms with Crippen molar-refractivity contribution in [1.29, 1.82) is 0 Å². The molecule has 0 saturated heterocycles. The van der Waals surface area contributed by atoms with Crippen LogP contribution in [0.2, 0.25) is 0 Å². The highest BCUT2D eigenvalue weighted by Crippen LogP contribution is 2.20. The number of carbonyl (C=O) groups is 1. The number of nitrogens with one attached hydrogen (secondary N) is 1. The number of rotatable bonds is 4. The van der Waals surface area contributed by atoms with Crippen molar-refractivity contribution in [2.24, 2.45) is 0 Å². The van der Waals surface area contributed by atoms with Crippen molar-refractivity contribution < 1.29 is 14.8 Å². The molecule has 1 aromatic heterocycles. The number of H-pyrrole nitrogens is 1. The van der Waals surface area contributed by atoms with Gasteiger partial charge in [-0.1, -0.05) is 0 Å². The molecule has 9 nitrogen and oxygen atoms in total. The summed E-state index contributed by atoms with van der Waals surface area (Å²) < 4.78 is 0.824. The second-order valence-corrected chi connectivity index (χ2v) is 4.11. The maximum Gasteiger partial charge on any atom is 0.331 e. The van der Waals surface area contributed by atoms with E-state index in [0.29, 0.717) is 0 Å². The smallest absolute Gasteiger partial charge is 0.331 e. The number of nitrogens with zero attached hydrogens (tertiary/aromatic N) is 2. The molecule has 1 aromatic carbocycles. The Morgan fingerprint density at radius 1 is 1.24 bits per heavy atom. The largest absolute Gasteiger partial charge is 0.479 e. The molecule has 2 aromatic rings. The van der Waals surface area contributed by atoms with Gasteiger partial charge in [0.05, 0.1) is 4.92 Å². The van der Waals surface area contributed by atoms with Gasteiger partial charge in [0.1, 0.15) is 0 Å². The van der Waals surface area contributed by atoms with Crippen molar-refractivity contribution in [3.8, 4) is 0 Å². The number of nitro benzene ring substituents is 1. The Kier molecular flexibility index (Phi) is 3.65. The second-order valence-electron chi connectivity index (χ2n) is 4.11. The molecule has 0 aliphatic carbocycles. The number of carboxylic acid groups (broad SMARTS) is 1. The van der Waals surface area contributed by atoms with Crippen molar-refractivity contribution >= 4 is 11.7 Å². The predicted octanol–water partition coefficient (Wildman–Crippen LogP) is 0.119. The van der Waals surface area contributed by atoms with E-state index in [9.17, 15) is 29.6 Å². The first-order valence-corrected chi connectivity index (χ1v) is 5.69. The molecule has 0 bridgehead atoms. The van der Waals surface area contributed by atoms with Gasteiger partial charge in [-0.15, -0.1) is 0 Å². The lowest BCUT2D eigenvalue weighted by Gasteiger charge is -2.15. The fourth-order valence-electron chi connectivity index (χ4n) is 1.83. The Morgan fingerprint density at radius 3 is 2.33 bits per heavy atom. The Labute approximate surface area is 116 Å². The Bertz CT molecular complexity index is 805. The van der Waals surface area contributed by atoms with E-state index < -0.39 is 28.2 Å². The zero-order chi connectivity index (χ0) is 15.6. The minimum atomic E-state index is -1.39. The molecule has 108 valence electrons. The molecule has 0 radical (unpaired) electrons. The van der Waals surface area contributed by atoms with E-state index in [1.54, 1.807) is 0 Å². The van der Waals surface area contributed by atoms with Gasteiger partial charge in [0, 0.05) is 24.4 Å². The quantitative estimate of drug-likeness (QED) is 0.606. The zero-order valence-corrected chi connectivity index (χ0v) is 10.4. The number of hydrogen-bond donors (Lipinski definition) is 2. The van der Waals surface area contributed by atoms with Gasteiger partial charge in [-0.3, -0.25) is 24.5 Å². The average Bonchev–Trinajstić information content (AvgIpc) is 2.42. The maximum atomic E-state index is 11.7. The van der Waals surface area contributed by atoms with Crippen molar-refractivity contribution in [3.63, 3.8) is 0 Å². The first kappa shape index (κ1) is 14.2. The van der Waals surface area contributed by atoms with Gasteiger partial charge in [-0.05, 0) is 17.7 Å². The first-order valence-electron chi connectivity index (χ1n) is 5.69. The second kappa shape index (κ2) is 5.41. The molecule has 1 heterocycles. The Hall–Kier alpha value is -3.23. The molecular formula is C12H9N3O6. The number of benzene rings is 1. The molecule has 1 unspecified atom stereocenters. The Morgan fingerprint density at radius 2 is 1.86 bits per heavy atom. The van der Waals surface area contributed by atoms with E-state index >= 15 is 0 Å². The van der Waals surface area contributed by atoms with E-state index in [0.717, 1.165) is 29.0 Å². The molecule has 1 atom stereocenters. The molecule has 0 amide bonds. The number of aliphatic carboxylic acids is 1. The highest BCUT2D eigenvalue weighted by Gasteiger charge is 2.23.